The summed E-state index contributed by atoms with van der Waals surface area (Å²) in [5.41, 5.74) is -0.536. The van der Waals surface area contributed by atoms with Crippen LogP contribution in [0.3, 0.4) is 0 Å². The molecule has 26 heavy (non-hydrogen) atoms. The molecule has 7 heteroatoms. The molecule has 2 aliphatic rings. The first-order valence-corrected chi connectivity index (χ1v) is 12.4. The summed E-state index contributed by atoms with van der Waals surface area (Å²) in [7, 11) is -1.92. The zero-order valence-corrected chi connectivity index (χ0v) is 18.5. The van der Waals surface area contributed by atoms with Gasteiger partial charge in [0.05, 0.1) is 6.10 Å². The fourth-order valence-electron chi connectivity index (χ4n) is 3.23. The van der Waals surface area contributed by atoms with Gasteiger partial charge in [-0.25, -0.2) is 4.79 Å². The minimum Gasteiger partial charge on any atom is -0.495 e. The molecule has 0 aromatic rings. The Bertz CT molecular complexity index is 563. The number of carbonyl (C=O) groups excluding carboxylic acids is 1. The highest BCUT2D eigenvalue weighted by Crippen LogP contribution is 2.40. The second kappa shape index (κ2) is 7.07. The van der Waals surface area contributed by atoms with Crippen LogP contribution in [0.25, 0.3) is 0 Å². The van der Waals surface area contributed by atoms with Crippen LogP contribution in [0.2, 0.25) is 18.1 Å². The number of ether oxygens (including phenoxy) is 1. The van der Waals surface area contributed by atoms with E-state index in [1.165, 1.54) is 0 Å². The lowest BCUT2D eigenvalue weighted by Gasteiger charge is -2.38. The Hall–Kier alpha value is -1.21. The molecular weight excluding hydrogens is 348 g/mol. The van der Waals surface area contributed by atoms with E-state index in [4.69, 9.17) is 9.16 Å². The number of hydrogen-bond acceptors (Lipinski definition) is 5. The Kier molecular flexibility index (Phi) is 5.74. The molecular formula is C19H36N2O4Si. The predicted octanol–water partition coefficient (Wildman–Crippen LogP) is 4.01. The number of likely N-dealkylation sites (tertiary alicyclic amines) is 1. The Morgan fingerprint density at radius 3 is 2.35 bits per heavy atom. The standard InChI is InChI=1S/C19H36N2O4Si/c1-18(2,3)24-17(23)21-12-14(25-26(7,8)19(4,5)6)10-15(21)13-9-16(22)20-11-13/h9,13-15,20,22H,10-12H2,1-8H3/t13-,14+,15-/m0/s1. The molecule has 0 spiro atoms. The normalized spacial score (nSPS) is 27.3. The van der Waals surface area contributed by atoms with Gasteiger partial charge >= 0.3 is 6.09 Å². The van der Waals surface area contributed by atoms with E-state index in [1.54, 1.807) is 11.0 Å². The van der Waals surface area contributed by atoms with Crippen LogP contribution in [0.1, 0.15) is 48.0 Å². The van der Waals surface area contributed by atoms with Crippen molar-refractivity contribution in [3.05, 3.63) is 12.0 Å². The summed E-state index contributed by atoms with van der Waals surface area (Å²) in [5.74, 6) is 0.253. The number of hydrogen-bond donors (Lipinski definition) is 2. The molecule has 6 nitrogen and oxygen atoms in total. The number of amides is 1. The van der Waals surface area contributed by atoms with E-state index in [1.807, 2.05) is 20.8 Å². The Morgan fingerprint density at radius 2 is 1.88 bits per heavy atom. The molecule has 3 atom stereocenters. The lowest BCUT2D eigenvalue weighted by molar-refractivity contribution is 0.0184. The van der Waals surface area contributed by atoms with Gasteiger partial charge in [-0.2, -0.15) is 0 Å². The van der Waals surface area contributed by atoms with E-state index < -0.39 is 13.9 Å². The van der Waals surface area contributed by atoms with E-state index in [0.29, 0.717) is 13.1 Å². The van der Waals surface area contributed by atoms with Crippen LogP contribution in [0.5, 0.6) is 0 Å². The van der Waals surface area contributed by atoms with E-state index in [2.05, 4.69) is 39.2 Å². The molecule has 1 saturated heterocycles. The topological polar surface area (TPSA) is 71.0 Å². The first-order valence-electron chi connectivity index (χ1n) is 9.52. The van der Waals surface area contributed by atoms with E-state index in [0.717, 1.165) is 6.42 Å². The number of nitrogens with one attached hydrogen (secondary N) is 1. The second-order valence-electron chi connectivity index (χ2n) is 10.0. The highest BCUT2D eigenvalue weighted by Gasteiger charge is 2.46. The van der Waals surface area contributed by atoms with Gasteiger partial charge in [0.1, 0.15) is 5.60 Å². The quantitative estimate of drug-likeness (QED) is 0.720. The molecule has 2 N–H and O–H groups in total. The Morgan fingerprint density at radius 1 is 1.27 bits per heavy atom. The summed E-state index contributed by atoms with van der Waals surface area (Å²) in [4.78, 5) is 14.6. The van der Waals surface area contributed by atoms with Crippen molar-refractivity contribution in [3.63, 3.8) is 0 Å². The van der Waals surface area contributed by atoms with Crippen molar-refractivity contribution in [2.75, 3.05) is 13.1 Å². The molecule has 2 aliphatic heterocycles. The van der Waals surface area contributed by atoms with Crippen LogP contribution in [0.15, 0.2) is 12.0 Å². The third kappa shape index (κ3) is 4.94. The van der Waals surface area contributed by atoms with Crippen LogP contribution in [0.4, 0.5) is 4.79 Å². The lowest BCUT2D eigenvalue weighted by Crippen LogP contribution is -2.45. The minimum absolute atomic E-state index is 0.00422. The maximum atomic E-state index is 12.8. The van der Waals surface area contributed by atoms with Crippen LogP contribution >= 0.6 is 0 Å². The SMILES string of the molecule is CC(C)(C)OC(=O)N1C[C@H](O[Si](C)(C)C(C)(C)C)C[C@H]1[C@H]1C=C(O)NC1. The number of rotatable bonds is 3. The average molecular weight is 385 g/mol. The van der Waals surface area contributed by atoms with Crippen molar-refractivity contribution >= 4 is 14.4 Å². The van der Waals surface area contributed by atoms with Crippen molar-refractivity contribution in [2.45, 2.75) is 83.8 Å². The number of aliphatic hydroxyl groups excluding tert-OH is 1. The molecule has 1 fully saturated rings. The highest BCUT2D eigenvalue weighted by molar-refractivity contribution is 6.74. The van der Waals surface area contributed by atoms with Gasteiger partial charge in [-0.15, -0.1) is 0 Å². The van der Waals surface area contributed by atoms with Gasteiger partial charge in [0, 0.05) is 25.0 Å². The van der Waals surface area contributed by atoms with Crippen LogP contribution in [-0.4, -0.2) is 55.3 Å². The summed E-state index contributed by atoms with van der Waals surface area (Å²) in [5, 5.41) is 12.8. The molecule has 0 aromatic carbocycles. The molecule has 150 valence electrons. The zero-order valence-electron chi connectivity index (χ0n) is 17.5. The largest absolute Gasteiger partial charge is 0.495 e. The Labute approximate surface area is 159 Å². The van der Waals surface area contributed by atoms with Crippen molar-refractivity contribution in [2.24, 2.45) is 5.92 Å². The van der Waals surface area contributed by atoms with E-state index in [-0.39, 0.29) is 35.1 Å². The van der Waals surface area contributed by atoms with Gasteiger partial charge in [0.25, 0.3) is 0 Å². The predicted molar refractivity (Wildman–Crippen MR) is 106 cm³/mol. The van der Waals surface area contributed by atoms with E-state index in [9.17, 15) is 9.90 Å². The second-order valence-corrected chi connectivity index (χ2v) is 14.8. The molecule has 2 heterocycles. The maximum absolute atomic E-state index is 12.8. The fourth-order valence-corrected chi connectivity index (χ4v) is 4.59. The lowest BCUT2D eigenvalue weighted by atomic mass is 9.98. The maximum Gasteiger partial charge on any atom is 0.410 e. The fraction of sp³-hybridized carbons (Fsp3) is 0.842. The number of aliphatic hydroxyl groups is 1. The first-order chi connectivity index (χ1) is 11.7. The van der Waals surface area contributed by atoms with Crippen LogP contribution in [0, 0.1) is 5.92 Å². The van der Waals surface area contributed by atoms with Crippen molar-refractivity contribution in [3.8, 4) is 0 Å². The molecule has 0 radical (unpaired) electrons. The van der Waals surface area contributed by atoms with Gasteiger partial charge < -0.3 is 24.5 Å². The van der Waals surface area contributed by atoms with Gasteiger partial charge in [0.2, 0.25) is 0 Å². The monoisotopic (exact) mass is 384 g/mol. The molecule has 1 amide bonds. The summed E-state index contributed by atoms with van der Waals surface area (Å²) >= 11 is 0. The van der Waals surface area contributed by atoms with Crippen LogP contribution < -0.4 is 5.32 Å². The van der Waals surface area contributed by atoms with Gasteiger partial charge in [-0.05, 0) is 51.4 Å². The van der Waals surface area contributed by atoms with Crippen LogP contribution in [-0.2, 0) is 9.16 Å². The summed E-state index contributed by atoms with van der Waals surface area (Å²) in [6, 6.07) is -0.0308. The van der Waals surface area contributed by atoms with E-state index >= 15 is 0 Å². The molecule has 0 saturated carbocycles. The van der Waals surface area contributed by atoms with Crippen molar-refractivity contribution in [1.29, 1.82) is 0 Å². The summed E-state index contributed by atoms with van der Waals surface area (Å²) < 4.78 is 12.2. The third-order valence-electron chi connectivity index (χ3n) is 5.59. The summed E-state index contributed by atoms with van der Waals surface area (Å²) in [6.45, 7) is 17.9. The van der Waals surface area contributed by atoms with Gasteiger partial charge in [-0.1, -0.05) is 20.8 Å². The molecule has 0 bridgehead atoms. The molecule has 0 aliphatic carbocycles. The minimum atomic E-state index is -1.92. The van der Waals surface area contributed by atoms with Crippen molar-refractivity contribution < 1.29 is 19.1 Å². The molecule has 2 rings (SSSR count). The molecule has 0 aromatic heterocycles. The number of carbonyl (C=O) groups is 1. The first kappa shape index (κ1) is 21.1. The Balaban J connectivity index is 2.17. The smallest absolute Gasteiger partial charge is 0.410 e. The van der Waals surface area contributed by atoms with Gasteiger partial charge in [0.15, 0.2) is 14.2 Å². The average Bonchev–Trinajstić information content (AvgIpc) is 3.01. The molecule has 0 unspecified atom stereocenters. The highest BCUT2D eigenvalue weighted by atomic mass is 28.4. The zero-order chi connectivity index (χ0) is 19.9. The van der Waals surface area contributed by atoms with Crippen molar-refractivity contribution in [1.82, 2.24) is 10.2 Å². The number of nitrogens with zero attached hydrogens (tertiary/aromatic N) is 1. The third-order valence-corrected chi connectivity index (χ3v) is 10.1. The summed E-state index contributed by atoms with van der Waals surface area (Å²) in [6.07, 6.45) is 2.27. The van der Waals surface area contributed by atoms with Gasteiger partial charge in [-0.3, -0.25) is 0 Å².